The van der Waals surface area contributed by atoms with E-state index in [1.807, 2.05) is 0 Å². The van der Waals surface area contributed by atoms with Gasteiger partial charge in [0.15, 0.2) is 0 Å². The third-order valence-electron chi connectivity index (χ3n) is 3.54. The van der Waals surface area contributed by atoms with Crippen molar-refractivity contribution in [3.8, 4) is 0 Å². The van der Waals surface area contributed by atoms with Crippen molar-refractivity contribution < 1.29 is 26.3 Å². The Hall–Kier alpha value is -1.80. The number of nitrogens with two attached hydrogens (primary N) is 2. The highest BCUT2D eigenvalue weighted by molar-refractivity contribution is 5.85. The average molecular weight is 407 g/mol. The van der Waals surface area contributed by atoms with Crippen LogP contribution in [0, 0.1) is 0 Å². The Balaban J connectivity index is 0.00000288. The molecule has 2 rings (SSSR count). The SMILES string of the molecule is Cl.Cl.Nc1ccc(C(c2ccc(N)cc2)(C(F)(F)F)C(F)(F)F)cc1. The van der Waals surface area contributed by atoms with E-state index >= 15 is 0 Å². The highest BCUT2D eigenvalue weighted by atomic mass is 35.5. The van der Waals surface area contributed by atoms with Crippen LogP contribution in [0.3, 0.4) is 0 Å². The second kappa shape index (κ2) is 7.61. The van der Waals surface area contributed by atoms with Crippen LogP contribution in [-0.2, 0) is 5.41 Å². The second-order valence-corrected chi connectivity index (χ2v) is 4.99. The highest BCUT2D eigenvalue weighted by Gasteiger charge is 2.72. The van der Waals surface area contributed by atoms with Crippen LogP contribution < -0.4 is 11.5 Å². The minimum absolute atomic E-state index is 0. The van der Waals surface area contributed by atoms with Crippen molar-refractivity contribution in [3.05, 3.63) is 59.7 Å². The number of benzene rings is 2. The lowest BCUT2D eigenvalue weighted by atomic mass is 9.73. The molecule has 2 aromatic carbocycles. The number of hydrogen-bond donors (Lipinski definition) is 2. The number of nitrogen functional groups attached to an aromatic ring is 2. The third kappa shape index (κ3) is 3.90. The Morgan fingerprint density at radius 2 is 0.760 bits per heavy atom. The summed E-state index contributed by atoms with van der Waals surface area (Å²) in [4.78, 5) is 0. The van der Waals surface area contributed by atoms with Crippen LogP contribution in [0.5, 0.6) is 0 Å². The lowest BCUT2D eigenvalue weighted by molar-refractivity contribution is -0.288. The summed E-state index contributed by atoms with van der Waals surface area (Å²) in [5.41, 5.74) is 4.77. The van der Waals surface area contributed by atoms with Gasteiger partial charge < -0.3 is 11.5 Å². The first-order valence-corrected chi connectivity index (χ1v) is 6.35. The molecule has 0 saturated carbocycles. The molecule has 0 spiro atoms. The van der Waals surface area contributed by atoms with Crippen LogP contribution >= 0.6 is 24.8 Å². The Bertz CT molecular complexity index is 620. The zero-order valence-electron chi connectivity index (χ0n) is 12.4. The Morgan fingerprint density at radius 3 is 0.960 bits per heavy atom. The van der Waals surface area contributed by atoms with Gasteiger partial charge in [0.1, 0.15) is 0 Å². The summed E-state index contributed by atoms with van der Waals surface area (Å²) in [7, 11) is 0. The molecular formula is C15H14Cl2F6N2. The number of hydrogen-bond acceptors (Lipinski definition) is 2. The topological polar surface area (TPSA) is 52.0 Å². The molecule has 10 heteroatoms. The lowest BCUT2D eigenvalue weighted by Crippen LogP contribution is -2.54. The first kappa shape index (κ1) is 23.2. The van der Waals surface area contributed by atoms with E-state index in [1.165, 1.54) is 0 Å². The van der Waals surface area contributed by atoms with E-state index in [1.54, 1.807) is 0 Å². The van der Waals surface area contributed by atoms with Gasteiger partial charge in [0.2, 0.25) is 5.41 Å². The maximum Gasteiger partial charge on any atom is 0.411 e. The van der Waals surface area contributed by atoms with Crippen molar-refractivity contribution in [2.75, 3.05) is 11.5 Å². The van der Waals surface area contributed by atoms with E-state index in [9.17, 15) is 26.3 Å². The summed E-state index contributed by atoms with van der Waals surface area (Å²) in [6, 6.07) is 6.91. The van der Waals surface area contributed by atoms with Crippen molar-refractivity contribution >= 4 is 36.2 Å². The minimum Gasteiger partial charge on any atom is -0.399 e. The zero-order valence-corrected chi connectivity index (χ0v) is 14.0. The summed E-state index contributed by atoms with van der Waals surface area (Å²) in [6.45, 7) is 0. The van der Waals surface area contributed by atoms with Gasteiger partial charge >= 0.3 is 12.4 Å². The second-order valence-electron chi connectivity index (χ2n) is 4.99. The molecule has 0 radical (unpaired) electrons. The maximum atomic E-state index is 13.7. The van der Waals surface area contributed by atoms with E-state index in [4.69, 9.17) is 11.5 Å². The molecule has 4 N–H and O–H groups in total. The molecular weight excluding hydrogens is 393 g/mol. The molecule has 0 fully saturated rings. The predicted molar refractivity (Wildman–Crippen MR) is 89.1 cm³/mol. The number of anilines is 2. The number of rotatable bonds is 2. The first-order chi connectivity index (χ1) is 10.5. The molecule has 0 heterocycles. The summed E-state index contributed by atoms with van der Waals surface area (Å²) >= 11 is 0. The van der Waals surface area contributed by atoms with Gasteiger partial charge in [0.05, 0.1) is 0 Å². The van der Waals surface area contributed by atoms with E-state index in [-0.39, 0.29) is 36.2 Å². The van der Waals surface area contributed by atoms with Crippen LogP contribution in [0.4, 0.5) is 37.7 Å². The van der Waals surface area contributed by atoms with Crippen LogP contribution in [-0.4, -0.2) is 12.4 Å². The Morgan fingerprint density at radius 1 is 0.520 bits per heavy atom. The average Bonchev–Trinajstić information content (AvgIpc) is 2.40. The van der Waals surface area contributed by atoms with Gasteiger partial charge in [-0.3, -0.25) is 0 Å². The lowest BCUT2D eigenvalue weighted by Gasteiger charge is -2.38. The molecule has 2 nitrogen and oxygen atoms in total. The Labute approximate surface area is 152 Å². The van der Waals surface area contributed by atoms with Gasteiger partial charge in [-0.05, 0) is 35.4 Å². The van der Waals surface area contributed by atoms with Gasteiger partial charge in [-0.1, -0.05) is 24.3 Å². The number of alkyl halides is 6. The van der Waals surface area contributed by atoms with Gasteiger partial charge in [-0.15, -0.1) is 24.8 Å². The van der Waals surface area contributed by atoms with Crippen LogP contribution in [0.25, 0.3) is 0 Å². The van der Waals surface area contributed by atoms with Gasteiger partial charge in [-0.2, -0.15) is 26.3 Å². The molecule has 25 heavy (non-hydrogen) atoms. The van der Waals surface area contributed by atoms with Crippen molar-refractivity contribution in [1.82, 2.24) is 0 Å². The maximum absolute atomic E-state index is 13.7. The quantitative estimate of drug-likeness (QED) is 0.538. The van der Waals surface area contributed by atoms with Gasteiger partial charge in [0.25, 0.3) is 0 Å². The summed E-state index contributed by atoms with van der Waals surface area (Å²) in [6.07, 6.45) is -11.2. The molecule has 0 aliphatic carbocycles. The normalized spacial score (nSPS) is 12.1. The van der Waals surface area contributed by atoms with Crippen molar-refractivity contribution in [3.63, 3.8) is 0 Å². The van der Waals surface area contributed by atoms with E-state index in [2.05, 4.69) is 0 Å². The van der Waals surface area contributed by atoms with Crippen molar-refractivity contribution in [1.29, 1.82) is 0 Å². The standard InChI is InChI=1S/C15H12F6N2.2ClH/c16-14(17,18)13(15(19,20)21,9-1-5-11(22)6-2-9)10-3-7-12(23)8-4-10;;/h1-8H,22-23H2;2*1H. The summed E-state index contributed by atoms with van der Waals surface area (Å²) in [5, 5.41) is 0. The first-order valence-electron chi connectivity index (χ1n) is 6.35. The number of halogens is 8. The summed E-state index contributed by atoms with van der Waals surface area (Å²) in [5.74, 6) is 0. The molecule has 0 unspecified atom stereocenters. The van der Waals surface area contributed by atoms with E-state index in [0.717, 1.165) is 48.5 Å². The van der Waals surface area contributed by atoms with Crippen LogP contribution in [0.15, 0.2) is 48.5 Å². The molecule has 0 aliphatic rings. The molecule has 0 aliphatic heterocycles. The smallest absolute Gasteiger partial charge is 0.399 e. The molecule has 0 saturated heterocycles. The highest BCUT2D eigenvalue weighted by Crippen LogP contribution is 2.56. The van der Waals surface area contributed by atoms with Gasteiger partial charge in [-0.25, -0.2) is 0 Å². The van der Waals surface area contributed by atoms with Crippen LogP contribution in [0.2, 0.25) is 0 Å². The third-order valence-corrected chi connectivity index (χ3v) is 3.54. The fourth-order valence-corrected chi connectivity index (χ4v) is 2.45. The van der Waals surface area contributed by atoms with Crippen LogP contribution in [0.1, 0.15) is 11.1 Å². The van der Waals surface area contributed by atoms with E-state index < -0.39 is 28.9 Å². The fourth-order valence-electron chi connectivity index (χ4n) is 2.45. The molecule has 2 aromatic rings. The van der Waals surface area contributed by atoms with Gasteiger partial charge in [0, 0.05) is 11.4 Å². The van der Waals surface area contributed by atoms with E-state index in [0.29, 0.717) is 0 Å². The Kier molecular flexibility index (Phi) is 7.07. The summed E-state index contributed by atoms with van der Waals surface area (Å²) < 4.78 is 82.0. The molecule has 140 valence electrons. The predicted octanol–water partition coefficient (Wildman–Crippen LogP) is 5.11. The molecule has 0 bridgehead atoms. The van der Waals surface area contributed by atoms with Crippen molar-refractivity contribution in [2.24, 2.45) is 0 Å². The molecule has 0 aromatic heterocycles. The molecule has 0 atom stereocenters. The minimum atomic E-state index is -5.61. The molecule has 0 amide bonds. The monoisotopic (exact) mass is 406 g/mol. The van der Waals surface area contributed by atoms with Crippen molar-refractivity contribution in [2.45, 2.75) is 17.8 Å². The zero-order chi connectivity index (χ0) is 17.5. The largest absolute Gasteiger partial charge is 0.411 e. The fraction of sp³-hybridized carbons (Fsp3) is 0.200.